The first-order valence-electron chi connectivity index (χ1n) is 12.5. The molecule has 37 heavy (non-hydrogen) atoms. The smallest absolute Gasteiger partial charge is 0.318 e. The summed E-state index contributed by atoms with van der Waals surface area (Å²) in [5.41, 5.74) is 3.70. The minimum atomic E-state index is -0.619. The lowest BCUT2D eigenvalue weighted by Gasteiger charge is -2.26. The molecule has 8 nitrogen and oxygen atoms in total. The van der Waals surface area contributed by atoms with Crippen LogP contribution in [0.4, 0.5) is 14.6 Å². The van der Waals surface area contributed by atoms with Gasteiger partial charge in [-0.05, 0) is 31.5 Å². The summed E-state index contributed by atoms with van der Waals surface area (Å²) in [5, 5.41) is 3.23. The molecule has 4 aromatic rings. The van der Waals surface area contributed by atoms with E-state index in [1.54, 1.807) is 19.2 Å². The van der Waals surface area contributed by atoms with Gasteiger partial charge in [-0.15, -0.1) is 0 Å². The summed E-state index contributed by atoms with van der Waals surface area (Å²) < 4.78 is 41.3. The van der Waals surface area contributed by atoms with Gasteiger partial charge in [0.2, 0.25) is 0 Å². The first kappa shape index (κ1) is 25.0. The van der Waals surface area contributed by atoms with Crippen LogP contribution in [-0.4, -0.2) is 63.7 Å². The lowest BCUT2D eigenvalue weighted by atomic mass is 10.1. The largest absolute Gasteiger partial charge is 0.462 e. The highest BCUT2D eigenvalue weighted by atomic mass is 19.1. The molecular formula is C27H30F2N6O2. The van der Waals surface area contributed by atoms with Gasteiger partial charge in [0.05, 0.1) is 24.9 Å². The molecule has 5 rings (SSSR count). The fourth-order valence-corrected chi connectivity index (χ4v) is 4.51. The molecule has 4 heterocycles. The fourth-order valence-electron chi connectivity index (χ4n) is 4.51. The van der Waals surface area contributed by atoms with Crippen LogP contribution in [0.25, 0.3) is 16.9 Å². The minimum Gasteiger partial charge on any atom is -0.462 e. The highest BCUT2D eigenvalue weighted by Gasteiger charge is 2.18. The third kappa shape index (κ3) is 5.70. The van der Waals surface area contributed by atoms with Crippen LogP contribution in [-0.2, 0) is 11.2 Å². The van der Waals surface area contributed by atoms with E-state index in [2.05, 4.69) is 33.2 Å². The zero-order chi connectivity index (χ0) is 25.8. The number of morpholine rings is 1. The Morgan fingerprint density at radius 3 is 2.76 bits per heavy atom. The van der Waals surface area contributed by atoms with E-state index < -0.39 is 17.7 Å². The second-order valence-corrected chi connectivity index (χ2v) is 8.97. The van der Waals surface area contributed by atoms with E-state index in [4.69, 9.17) is 14.5 Å². The lowest BCUT2D eigenvalue weighted by molar-refractivity contribution is 0.0317. The summed E-state index contributed by atoms with van der Waals surface area (Å²) in [4.78, 5) is 16.1. The molecule has 10 heteroatoms. The van der Waals surface area contributed by atoms with Crippen molar-refractivity contribution in [2.75, 3.05) is 44.8 Å². The fraction of sp³-hybridized carbons (Fsp3) is 0.370. The quantitative estimate of drug-likeness (QED) is 0.356. The number of aryl methyl sites for hydroxylation is 1. The molecule has 3 aromatic heterocycles. The van der Waals surface area contributed by atoms with Gasteiger partial charge >= 0.3 is 6.01 Å². The van der Waals surface area contributed by atoms with Crippen LogP contribution >= 0.6 is 0 Å². The molecule has 1 atom stereocenters. The number of aromatic nitrogens is 4. The Morgan fingerprint density at radius 1 is 1.14 bits per heavy atom. The van der Waals surface area contributed by atoms with E-state index in [0.29, 0.717) is 36.9 Å². The minimum absolute atomic E-state index is 0.216. The molecule has 0 aliphatic carbocycles. The van der Waals surface area contributed by atoms with Crippen molar-refractivity contribution < 1.29 is 18.3 Å². The van der Waals surface area contributed by atoms with Gasteiger partial charge in [0, 0.05) is 61.0 Å². The predicted octanol–water partition coefficient (Wildman–Crippen LogP) is 4.52. The van der Waals surface area contributed by atoms with E-state index in [1.165, 1.54) is 12.1 Å². The molecule has 0 bridgehead atoms. The van der Waals surface area contributed by atoms with E-state index in [9.17, 15) is 8.78 Å². The van der Waals surface area contributed by atoms with Crippen molar-refractivity contribution in [1.29, 1.82) is 0 Å². The van der Waals surface area contributed by atoms with Crippen molar-refractivity contribution in [3.63, 3.8) is 0 Å². The molecule has 1 aliphatic rings. The van der Waals surface area contributed by atoms with Crippen LogP contribution in [0.3, 0.4) is 0 Å². The molecule has 0 spiro atoms. The average molecular weight is 509 g/mol. The second-order valence-electron chi connectivity index (χ2n) is 8.97. The van der Waals surface area contributed by atoms with Gasteiger partial charge < -0.3 is 19.2 Å². The van der Waals surface area contributed by atoms with Gasteiger partial charge in [-0.2, -0.15) is 9.97 Å². The summed E-state index contributed by atoms with van der Waals surface area (Å²) >= 11 is 0. The van der Waals surface area contributed by atoms with Crippen LogP contribution < -0.4 is 10.1 Å². The number of halogens is 2. The maximum Gasteiger partial charge on any atom is 0.318 e. The van der Waals surface area contributed by atoms with Gasteiger partial charge in [-0.3, -0.25) is 4.90 Å². The molecule has 1 saturated heterocycles. The van der Waals surface area contributed by atoms with Crippen molar-refractivity contribution in [2.45, 2.75) is 26.3 Å². The third-order valence-corrected chi connectivity index (χ3v) is 6.49. The van der Waals surface area contributed by atoms with E-state index >= 15 is 0 Å². The van der Waals surface area contributed by atoms with Crippen molar-refractivity contribution in [3.8, 4) is 17.3 Å². The number of rotatable bonds is 9. The number of anilines is 1. The molecule has 0 amide bonds. The Balaban J connectivity index is 1.46. The van der Waals surface area contributed by atoms with Crippen LogP contribution in [0.15, 0.2) is 48.8 Å². The summed E-state index contributed by atoms with van der Waals surface area (Å²) in [7, 11) is 0. The van der Waals surface area contributed by atoms with Gasteiger partial charge in [0.1, 0.15) is 29.7 Å². The Labute approximate surface area is 214 Å². The van der Waals surface area contributed by atoms with Crippen molar-refractivity contribution in [3.05, 3.63) is 71.7 Å². The Morgan fingerprint density at radius 2 is 1.97 bits per heavy atom. The SMILES string of the molecule is CCc1cc(-c2cc(N[C@@H](C)c3ccc(F)cc3F)nc(OCCN3CCOCC3)n2)c2ncccn12. The number of nitrogens with zero attached hydrogens (tertiary/aromatic N) is 5. The average Bonchev–Trinajstić information content (AvgIpc) is 3.28. The maximum absolute atomic E-state index is 14.4. The predicted molar refractivity (Wildman–Crippen MR) is 137 cm³/mol. The summed E-state index contributed by atoms with van der Waals surface area (Å²) in [5.74, 6) is -0.768. The first-order chi connectivity index (χ1) is 18.0. The third-order valence-electron chi connectivity index (χ3n) is 6.49. The number of benzene rings is 1. The van der Waals surface area contributed by atoms with Crippen LogP contribution in [0.5, 0.6) is 6.01 Å². The molecule has 1 fully saturated rings. The molecule has 1 N–H and O–H groups in total. The summed E-state index contributed by atoms with van der Waals surface area (Å²) in [6, 6.07) is 9.06. The highest BCUT2D eigenvalue weighted by Crippen LogP contribution is 2.30. The Bertz CT molecular complexity index is 1370. The van der Waals surface area contributed by atoms with E-state index in [0.717, 1.165) is 49.0 Å². The molecule has 1 aliphatic heterocycles. The van der Waals surface area contributed by atoms with Crippen molar-refractivity contribution in [1.82, 2.24) is 24.3 Å². The maximum atomic E-state index is 14.4. The lowest BCUT2D eigenvalue weighted by Crippen LogP contribution is -2.38. The number of nitrogens with one attached hydrogen (secondary N) is 1. The number of hydrogen-bond acceptors (Lipinski definition) is 7. The summed E-state index contributed by atoms with van der Waals surface area (Å²) in [6.07, 6.45) is 4.55. The topological polar surface area (TPSA) is 76.8 Å². The van der Waals surface area contributed by atoms with Crippen LogP contribution in [0.2, 0.25) is 0 Å². The van der Waals surface area contributed by atoms with E-state index in [-0.39, 0.29) is 6.01 Å². The number of ether oxygens (including phenoxy) is 2. The highest BCUT2D eigenvalue weighted by molar-refractivity contribution is 5.78. The molecule has 1 aromatic carbocycles. The number of hydrogen-bond donors (Lipinski definition) is 1. The zero-order valence-electron chi connectivity index (χ0n) is 21.0. The monoisotopic (exact) mass is 508 g/mol. The van der Waals surface area contributed by atoms with Crippen molar-refractivity contribution >= 4 is 11.5 Å². The molecule has 0 radical (unpaired) electrons. The normalized spacial score (nSPS) is 15.1. The molecule has 194 valence electrons. The molecular weight excluding hydrogens is 478 g/mol. The standard InChI is InChI=1S/C27H30F2N6O2/c1-3-20-16-22(26-30-7-4-8-35(20)26)24-17-25(31-18(2)21-6-5-19(28)15-23(21)29)33-27(32-24)37-14-11-34-9-12-36-13-10-34/h4-8,15-18H,3,9-14H2,1-2H3,(H,31,32,33)/t18-/m0/s1. The van der Waals surface area contributed by atoms with Crippen LogP contribution in [0, 0.1) is 11.6 Å². The van der Waals surface area contributed by atoms with E-state index in [1.807, 2.05) is 16.7 Å². The van der Waals surface area contributed by atoms with Gasteiger partial charge in [0.15, 0.2) is 0 Å². The zero-order valence-corrected chi connectivity index (χ0v) is 21.0. The summed E-state index contributed by atoms with van der Waals surface area (Å²) in [6.45, 7) is 8.18. The van der Waals surface area contributed by atoms with Gasteiger partial charge in [-0.1, -0.05) is 13.0 Å². The van der Waals surface area contributed by atoms with Gasteiger partial charge in [0.25, 0.3) is 0 Å². The Hall–Kier alpha value is -3.63. The Kier molecular flexibility index (Phi) is 7.57. The number of fused-ring (bicyclic) bond motifs is 1. The van der Waals surface area contributed by atoms with Gasteiger partial charge in [-0.25, -0.2) is 13.8 Å². The molecule has 0 unspecified atom stereocenters. The van der Waals surface area contributed by atoms with Crippen LogP contribution in [0.1, 0.15) is 31.1 Å². The van der Waals surface area contributed by atoms with Crippen molar-refractivity contribution in [2.24, 2.45) is 0 Å². The first-order valence-corrected chi connectivity index (χ1v) is 12.5. The second kappa shape index (κ2) is 11.2. The molecule has 0 saturated carbocycles.